The van der Waals surface area contributed by atoms with Crippen molar-refractivity contribution in [1.82, 2.24) is 0 Å². The molecule has 4 aromatic carbocycles. The molecule has 1 N–H and O–H groups in total. The number of thiophene rings is 1. The van der Waals surface area contributed by atoms with E-state index in [1.807, 2.05) is 29.5 Å². The van der Waals surface area contributed by atoms with Gasteiger partial charge in [-0.2, -0.15) is 0 Å². The summed E-state index contributed by atoms with van der Waals surface area (Å²) in [5.74, 6) is 0. The van der Waals surface area contributed by atoms with Gasteiger partial charge < -0.3 is 5.32 Å². The van der Waals surface area contributed by atoms with Gasteiger partial charge in [0.1, 0.15) is 0 Å². The van der Waals surface area contributed by atoms with Crippen LogP contribution in [-0.4, -0.2) is 0 Å². The van der Waals surface area contributed by atoms with Crippen LogP contribution in [0, 0.1) is 0 Å². The second kappa shape index (κ2) is 6.99. The van der Waals surface area contributed by atoms with Crippen LogP contribution in [0.4, 0.5) is 11.4 Å². The summed E-state index contributed by atoms with van der Waals surface area (Å²) in [7, 11) is 0. The van der Waals surface area contributed by atoms with E-state index in [0.717, 1.165) is 16.9 Å². The molecule has 0 amide bonds. The first-order chi connectivity index (χ1) is 13.8. The van der Waals surface area contributed by atoms with Crippen molar-refractivity contribution in [3.05, 3.63) is 103 Å². The largest absolute Gasteiger partial charge is 0.355 e. The van der Waals surface area contributed by atoms with Gasteiger partial charge in [0.15, 0.2) is 0 Å². The monoisotopic (exact) mass is 377 g/mol. The molecule has 5 rings (SSSR count). The summed E-state index contributed by atoms with van der Waals surface area (Å²) in [6.45, 7) is 3.91. The van der Waals surface area contributed by atoms with Gasteiger partial charge in [0.2, 0.25) is 0 Å². The highest BCUT2D eigenvalue weighted by Gasteiger charge is 2.07. The molecule has 1 aromatic heterocycles. The van der Waals surface area contributed by atoms with Crippen molar-refractivity contribution in [1.29, 1.82) is 0 Å². The fraction of sp³-hybridized carbons (Fsp3) is 0. The Morgan fingerprint density at radius 1 is 0.679 bits per heavy atom. The maximum absolute atomic E-state index is 3.91. The molecular formula is C26H19NS. The van der Waals surface area contributed by atoms with Gasteiger partial charge >= 0.3 is 0 Å². The fourth-order valence-electron chi connectivity index (χ4n) is 3.63. The number of benzene rings is 4. The van der Waals surface area contributed by atoms with Crippen molar-refractivity contribution >= 4 is 49.0 Å². The van der Waals surface area contributed by atoms with Crippen molar-refractivity contribution in [3.63, 3.8) is 0 Å². The van der Waals surface area contributed by atoms with Gasteiger partial charge in [0, 0.05) is 31.5 Å². The molecule has 0 aliphatic rings. The summed E-state index contributed by atoms with van der Waals surface area (Å²) in [6.07, 6.45) is 1.88. The summed E-state index contributed by atoms with van der Waals surface area (Å²) >= 11 is 1.85. The Labute approximate surface area is 168 Å². The van der Waals surface area contributed by atoms with Gasteiger partial charge in [0.25, 0.3) is 0 Å². The average molecular weight is 378 g/mol. The third-order valence-electron chi connectivity index (χ3n) is 5.03. The van der Waals surface area contributed by atoms with Crippen molar-refractivity contribution in [2.24, 2.45) is 0 Å². The van der Waals surface area contributed by atoms with Crippen LogP contribution in [0.15, 0.2) is 97.6 Å². The maximum atomic E-state index is 3.91. The molecule has 1 nitrogen and oxygen atoms in total. The first-order valence-corrected chi connectivity index (χ1v) is 10.1. The van der Waals surface area contributed by atoms with E-state index in [4.69, 9.17) is 0 Å². The molecule has 0 unspecified atom stereocenters. The molecule has 0 saturated heterocycles. The summed E-state index contributed by atoms with van der Waals surface area (Å²) < 4.78 is 2.67. The van der Waals surface area contributed by atoms with Crippen LogP contribution in [0.3, 0.4) is 0 Å². The Kier molecular flexibility index (Phi) is 4.19. The van der Waals surface area contributed by atoms with Crippen LogP contribution in [0.1, 0.15) is 5.56 Å². The lowest BCUT2D eigenvalue weighted by Crippen LogP contribution is -1.93. The fourth-order valence-corrected chi connectivity index (χ4v) is 4.71. The third-order valence-corrected chi connectivity index (χ3v) is 6.18. The van der Waals surface area contributed by atoms with Crippen molar-refractivity contribution in [2.75, 3.05) is 5.32 Å². The second-order valence-electron chi connectivity index (χ2n) is 6.81. The smallest absolute Gasteiger partial charge is 0.0457 e. The minimum atomic E-state index is 1.06. The number of anilines is 2. The second-order valence-corrected chi connectivity index (χ2v) is 7.89. The van der Waals surface area contributed by atoms with E-state index in [1.165, 1.54) is 31.3 Å². The molecule has 0 spiro atoms. The zero-order chi connectivity index (χ0) is 18.9. The zero-order valence-electron chi connectivity index (χ0n) is 15.4. The molecule has 0 aliphatic carbocycles. The van der Waals surface area contributed by atoms with E-state index in [-0.39, 0.29) is 0 Å². The lowest BCUT2D eigenvalue weighted by molar-refractivity contribution is 1.53. The number of rotatable bonds is 4. The number of hydrogen-bond donors (Lipinski definition) is 1. The molecule has 0 radical (unpaired) electrons. The first-order valence-electron chi connectivity index (χ1n) is 9.32. The minimum absolute atomic E-state index is 1.06. The lowest BCUT2D eigenvalue weighted by atomic mass is 10.0. The Hall–Kier alpha value is -3.36. The first kappa shape index (κ1) is 16.8. The van der Waals surface area contributed by atoms with Gasteiger partial charge in [-0.05, 0) is 53.1 Å². The number of nitrogens with one attached hydrogen (secondary N) is 1. The predicted molar refractivity (Wildman–Crippen MR) is 125 cm³/mol. The molecule has 28 heavy (non-hydrogen) atoms. The van der Waals surface area contributed by atoms with E-state index in [2.05, 4.69) is 90.8 Å². The van der Waals surface area contributed by atoms with Crippen LogP contribution in [-0.2, 0) is 0 Å². The topological polar surface area (TPSA) is 12.0 Å². The van der Waals surface area contributed by atoms with Crippen molar-refractivity contribution in [3.8, 4) is 11.1 Å². The molecule has 2 heteroatoms. The molecule has 0 atom stereocenters. The standard InChI is InChI=1S/C26H19NS/c1-2-18-8-3-5-12-24(18)27-21-10-7-9-19(16-21)20-14-15-26-23(17-20)22-11-4-6-13-25(22)28-26/h2-17,27H,1H2. The summed E-state index contributed by atoms with van der Waals surface area (Å²) in [5, 5.41) is 6.19. The maximum Gasteiger partial charge on any atom is 0.0457 e. The Bertz CT molecular complexity index is 1310. The van der Waals surface area contributed by atoms with Crippen LogP contribution >= 0.6 is 11.3 Å². The van der Waals surface area contributed by atoms with E-state index >= 15 is 0 Å². The molecule has 1 heterocycles. The number of fused-ring (bicyclic) bond motifs is 3. The molecule has 0 aliphatic heterocycles. The normalized spacial score (nSPS) is 11.0. The van der Waals surface area contributed by atoms with E-state index < -0.39 is 0 Å². The summed E-state index contributed by atoms with van der Waals surface area (Å²) in [4.78, 5) is 0. The molecular weight excluding hydrogens is 358 g/mol. The number of para-hydroxylation sites is 1. The zero-order valence-corrected chi connectivity index (χ0v) is 16.2. The van der Waals surface area contributed by atoms with Gasteiger partial charge in [-0.15, -0.1) is 11.3 Å². The van der Waals surface area contributed by atoms with Gasteiger partial charge in [-0.1, -0.05) is 67.3 Å². The van der Waals surface area contributed by atoms with Gasteiger partial charge in [-0.3, -0.25) is 0 Å². The number of hydrogen-bond acceptors (Lipinski definition) is 2. The van der Waals surface area contributed by atoms with Gasteiger partial charge in [-0.25, -0.2) is 0 Å². The molecule has 0 bridgehead atoms. The van der Waals surface area contributed by atoms with Crippen LogP contribution in [0.25, 0.3) is 37.4 Å². The Morgan fingerprint density at radius 2 is 1.46 bits per heavy atom. The molecule has 0 fully saturated rings. The van der Waals surface area contributed by atoms with Crippen molar-refractivity contribution in [2.45, 2.75) is 0 Å². The van der Waals surface area contributed by atoms with Crippen LogP contribution < -0.4 is 5.32 Å². The van der Waals surface area contributed by atoms with E-state index in [1.54, 1.807) is 0 Å². The average Bonchev–Trinajstić information content (AvgIpc) is 3.12. The van der Waals surface area contributed by atoms with E-state index in [9.17, 15) is 0 Å². The summed E-state index contributed by atoms with van der Waals surface area (Å²) in [5.41, 5.74) is 5.67. The molecule has 0 saturated carbocycles. The quantitative estimate of drug-likeness (QED) is 0.333. The third kappa shape index (κ3) is 2.98. The van der Waals surface area contributed by atoms with Gasteiger partial charge in [0.05, 0.1) is 0 Å². The summed E-state index contributed by atoms with van der Waals surface area (Å²) in [6, 6.07) is 32.2. The highest BCUT2D eigenvalue weighted by molar-refractivity contribution is 7.25. The Morgan fingerprint density at radius 3 is 2.39 bits per heavy atom. The molecule has 5 aromatic rings. The van der Waals surface area contributed by atoms with Crippen LogP contribution in [0.5, 0.6) is 0 Å². The van der Waals surface area contributed by atoms with Crippen molar-refractivity contribution < 1.29 is 0 Å². The van der Waals surface area contributed by atoms with E-state index in [0.29, 0.717) is 0 Å². The minimum Gasteiger partial charge on any atom is -0.355 e. The highest BCUT2D eigenvalue weighted by Crippen LogP contribution is 2.36. The highest BCUT2D eigenvalue weighted by atomic mass is 32.1. The SMILES string of the molecule is C=Cc1ccccc1Nc1cccc(-c2ccc3sc4ccccc4c3c2)c1. The molecule has 134 valence electrons. The predicted octanol–water partition coefficient (Wildman–Crippen LogP) is 8.11. The van der Waals surface area contributed by atoms with Crippen LogP contribution in [0.2, 0.25) is 0 Å². The Balaban J connectivity index is 1.55. The lowest BCUT2D eigenvalue weighted by Gasteiger charge is -2.11.